The Bertz CT molecular complexity index is 119. The summed E-state index contributed by atoms with van der Waals surface area (Å²) in [6.45, 7) is 4.90. The van der Waals surface area contributed by atoms with Gasteiger partial charge in [0.1, 0.15) is 0 Å². The predicted octanol–water partition coefficient (Wildman–Crippen LogP) is 2.38. The molecular weight excluding hydrogens is 172 g/mol. The molecule has 1 fully saturated rings. The van der Waals surface area contributed by atoms with Crippen LogP contribution in [0.4, 0.5) is 0 Å². The molecule has 1 saturated heterocycles. The van der Waals surface area contributed by atoms with E-state index in [2.05, 4.69) is 4.90 Å². The Morgan fingerprint density at radius 1 is 0.786 bits per heavy atom. The van der Waals surface area contributed by atoms with Crippen LogP contribution in [0.15, 0.2) is 0 Å². The number of rotatable bonds is 7. The van der Waals surface area contributed by atoms with Gasteiger partial charge in [-0.1, -0.05) is 25.7 Å². The summed E-state index contributed by atoms with van der Waals surface area (Å²) in [5.74, 6) is 0. The van der Waals surface area contributed by atoms with Crippen LogP contribution in [-0.4, -0.2) is 31.1 Å². The Morgan fingerprint density at radius 3 is 2.14 bits per heavy atom. The summed E-state index contributed by atoms with van der Waals surface area (Å²) in [7, 11) is 0. The quantitative estimate of drug-likeness (QED) is 0.636. The van der Waals surface area contributed by atoms with Crippen molar-refractivity contribution in [3.63, 3.8) is 0 Å². The Kier molecular flexibility index (Phi) is 7.06. The Hall–Kier alpha value is -0.0800. The molecule has 1 aliphatic heterocycles. The number of hydrogen-bond acceptors (Lipinski definition) is 2. The van der Waals surface area contributed by atoms with Crippen LogP contribution in [0.25, 0.3) is 0 Å². The van der Waals surface area contributed by atoms with Gasteiger partial charge in [-0.15, -0.1) is 0 Å². The second-order valence-corrected chi connectivity index (χ2v) is 4.46. The Labute approximate surface area is 88.8 Å². The van der Waals surface area contributed by atoms with Crippen molar-refractivity contribution >= 4 is 0 Å². The van der Waals surface area contributed by atoms with Crippen LogP contribution >= 0.6 is 0 Å². The number of hydrogen-bond donors (Lipinski definition) is 1. The van der Waals surface area contributed by atoms with E-state index < -0.39 is 0 Å². The van der Waals surface area contributed by atoms with Crippen LogP contribution in [-0.2, 0) is 0 Å². The summed E-state index contributed by atoms with van der Waals surface area (Å²) in [5, 5.41) is 0. The molecule has 0 atom stereocenters. The maximum Gasteiger partial charge on any atom is -0.00187 e. The zero-order chi connectivity index (χ0) is 10.1. The van der Waals surface area contributed by atoms with Gasteiger partial charge in [0.2, 0.25) is 0 Å². The summed E-state index contributed by atoms with van der Waals surface area (Å²) >= 11 is 0. The normalized spacial score (nSPS) is 18.6. The minimum atomic E-state index is 0.867. The maximum atomic E-state index is 5.45. The lowest BCUT2D eigenvalue weighted by molar-refractivity contribution is 0.224. The van der Waals surface area contributed by atoms with Crippen molar-refractivity contribution in [2.24, 2.45) is 5.73 Å². The molecule has 14 heavy (non-hydrogen) atoms. The highest BCUT2D eigenvalue weighted by Gasteiger charge is 2.08. The van der Waals surface area contributed by atoms with Gasteiger partial charge in [-0.3, -0.25) is 0 Å². The van der Waals surface area contributed by atoms with Crippen LogP contribution in [0.2, 0.25) is 0 Å². The molecule has 0 aliphatic carbocycles. The smallest absolute Gasteiger partial charge is 0.00187 e. The highest BCUT2D eigenvalue weighted by Crippen LogP contribution is 2.10. The van der Waals surface area contributed by atoms with Crippen molar-refractivity contribution in [2.75, 3.05) is 26.2 Å². The van der Waals surface area contributed by atoms with E-state index in [1.165, 1.54) is 71.0 Å². The van der Waals surface area contributed by atoms with E-state index in [1.807, 2.05) is 0 Å². The first-order valence-corrected chi connectivity index (χ1v) is 6.36. The van der Waals surface area contributed by atoms with E-state index >= 15 is 0 Å². The third-order valence-electron chi connectivity index (χ3n) is 3.13. The second kappa shape index (κ2) is 8.25. The lowest BCUT2D eigenvalue weighted by Gasteiger charge is -2.26. The van der Waals surface area contributed by atoms with Gasteiger partial charge in [-0.25, -0.2) is 0 Å². The zero-order valence-corrected chi connectivity index (χ0v) is 9.51. The van der Waals surface area contributed by atoms with Crippen LogP contribution in [0.3, 0.4) is 0 Å². The van der Waals surface area contributed by atoms with Crippen LogP contribution in [0.5, 0.6) is 0 Å². The molecule has 1 heterocycles. The molecule has 1 aliphatic rings. The number of nitrogens with zero attached hydrogens (tertiary/aromatic N) is 1. The molecule has 84 valence electrons. The Morgan fingerprint density at radius 2 is 1.43 bits per heavy atom. The summed E-state index contributed by atoms with van der Waals surface area (Å²) in [5.41, 5.74) is 5.45. The molecule has 0 spiro atoms. The van der Waals surface area contributed by atoms with Gasteiger partial charge >= 0.3 is 0 Å². The molecule has 0 saturated carbocycles. The highest BCUT2D eigenvalue weighted by atomic mass is 15.1. The number of nitrogens with two attached hydrogens (primary N) is 1. The molecule has 2 nitrogen and oxygen atoms in total. The molecule has 1 rings (SSSR count). The second-order valence-electron chi connectivity index (χ2n) is 4.46. The largest absolute Gasteiger partial charge is 0.330 e. The van der Waals surface area contributed by atoms with Crippen molar-refractivity contribution in [3.05, 3.63) is 0 Å². The van der Waals surface area contributed by atoms with Crippen LogP contribution in [0.1, 0.15) is 51.4 Å². The van der Waals surface area contributed by atoms with E-state index in [9.17, 15) is 0 Å². The molecule has 0 aromatic carbocycles. The van der Waals surface area contributed by atoms with E-state index in [0.29, 0.717) is 0 Å². The lowest BCUT2D eigenvalue weighted by Crippen LogP contribution is -2.30. The monoisotopic (exact) mass is 198 g/mol. The minimum absolute atomic E-state index is 0.867. The fourth-order valence-electron chi connectivity index (χ4n) is 2.19. The van der Waals surface area contributed by atoms with Gasteiger partial charge in [0, 0.05) is 0 Å². The van der Waals surface area contributed by atoms with Gasteiger partial charge in [0.05, 0.1) is 0 Å². The first-order valence-electron chi connectivity index (χ1n) is 6.36. The SMILES string of the molecule is NCCCCCCCN1CCCCC1. The number of unbranched alkanes of at least 4 members (excludes halogenated alkanes) is 4. The number of likely N-dealkylation sites (tertiary alicyclic amines) is 1. The zero-order valence-electron chi connectivity index (χ0n) is 9.51. The summed E-state index contributed by atoms with van der Waals surface area (Å²) < 4.78 is 0. The lowest BCUT2D eigenvalue weighted by atomic mass is 10.1. The van der Waals surface area contributed by atoms with Crippen molar-refractivity contribution < 1.29 is 0 Å². The van der Waals surface area contributed by atoms with Gasteiger partial charge in [0.25, 0.3) is 0 Å². The third-order valence-corrected chi connectivity index (χ3v) is 3.13. The van der Waals surface area contributed by atoms with E-state index in [4.69, 9.17) is 5.73 Å². The van der Waals surface area contributed by atoms with E-state index in [-0.39, 0.29) is 0 Å². The molecular formula is C12H26N2. The summed E-state index contributed by atoms with van der Waals surface area (Å²) in [6, 6.07) is 0. The summed E-state index contributed by atoms with van der Waals surface area (Å²) in [4.78, 5) is 2.63. The predicted molar refractivity (Wildman–Crippen MR) is 62.4 cm³/mol. The molecule has 0 aromatic heterocycles. The Balaban J connectivity index is 1.82. The van der Waals surface area contributed by atoms with Gasteiger partial charge < -0.3 is 10.6 Å². The molecule has 2 N–H and O–H groups in total. The van der Waals surface area contributed by atoms with Crippen LogP contribution in [0, 0.1) is 0 Å². The highest BCUT2D eigenvalue weighted by molar-refractivity contribution is 4.64. The molecule has 0 radical (unpaired) electrons. The fraction of sp³-hybridized carbons (Fsp3) is 1.00. The van der Waals surface area contributed by atoms with E-state index in [1.54, 1.807) is 0 Å². The molecule has 0 amide bonds. The van der Waals surface area contributed by atoms with Crippen molar-refractivity contribution in [1.82, 2.24) is 4.90 Å². The fourth-order valence-corrected chi connectivity index (χ4v) is 2.19. The van der Waals surface area contributed by atoms with Crippen molar-refractivity contribution in [2.45, 2.75) is 51.4 Å². The average molecular weight is 198 g/mol. The summed E-state index contributed by atoms with van der Waals surface area (Å²) in [6.07, 6.45) is 11.0. The molecule has 2 heteroatoms. The van der Waals surface area contributed by atoms with Gasteiger partial charge in [-0.2, -0.15) is 0 Å². The average Bonchev–Trinajstić information content (AvgIpc) is 2.25. The molecule has 0 aromatic rings. The minimum Gasteiger partial charge on any atom is -0.330 e. The first-order chi connectivity index (χ1) is 6.93. The topological polar surface area (TPSA) is 29.3 Å². The number of piperidine rings is 1. The van der Waals surface area contributed by atoms with Gasteiger partial charge in [-0.05, 0) is 51.9 Å². The van der Waals surface area contributed by atoms with Gasteiger partial charge in [0.15, 0.2) is 0 Å². The standard InChI is InChI=1S/C12H26N2/c13-9-5-2-1-3-6-10-14-11-7-4-8-12-14/h1-13H2. The van der Waals surface area contributed by atoms with Crippen molar-refractivity contribution in [1.29, 1.82) is 0 Å². The molecule has 0 bridgehead atoms. The first kappa shape index (κ1) is 12.0. The van der Waals surface area contributed by atoms with Crippen molar-refractivity contribution in [3.8, 4) is 0 Å². The van der Waals surface area contributed by atoms with E-state index in [0.717, 1.165) is 6.54 Å². The third kappa shape index (κ3) is 5.61. The van der Waals surface area contributed by atoms with Crippen LogP contribution < -0.4 is 5.73 Å². The molecule has 0 unspecified atom stereocenters. The maximum absolute atomic E-state index is 5.45.